The van der Waals surface area contributed by atoms with Crippen molar-refractivity contribution in [2.75, 3.05) is 26.9 Å². The van der Waals surface area contributed by atoms with Crippen molar-refractivity contribution in [3.63, 3.8) is 0 Å². The monoisotopic (exact) mass is 235 g/mol. The number of carbonyl (C=O) groups is 1. The fourth-order valence-corrected chi connectivity index (χ4v) is 2.39. The van der Waals surface area contributed by atoms with Gasteiger partial charge in [-0.1, -0.05) is 0 Å². The minimum Gasteiger partial charge on any atom is -0.469 e. The number of hydrogen-bond acceptors (Lipinski definition) is 4. The molecule has 2 fully saturated rings. The predicted molar refractivity (Wildman–Crippen MR) is 58.1 cm³/mol. The van der Waals surface area contributed by atoms with Crippen LogP contribution >= 0.6 is 12.4 Å². The predicted octanol–water partition coefficient (Wildman–Crippen LogP) is 0.596. The Labute approximate surface area is 96.1 Å². The highest BCUT2D eigenvalue weighted by atomic mass is 35.5. The summed E-state index contributed by atoms with van der Waals surface area (Å²) >= 11 is 0. The van der Waals surface area contributed by atoms with Gasteiger partial charge in [-0.25, -0.2) is 0 Å². The van der Waals surface area contributed by atoms with Crippen LogP contribution < -0.4 is 5.32 Å². The first kappa shape index (κ1) is 12.7. The van der Waals surface area contributed by atoms with Crippen LogP contribution in [-0.4, -0.2) is 38.9 Å². The van der Waals surface area contributed by atoms with Crippen LogP contribution in [0.4, 0.5) is 0 Å². The summed E-state index contributed by atoms with van der Waals surface area (Å²) in [4.78, 5) is 11.3. The molecule has 2 aliphatic heterocycles. The molecular formula is C10H18ClNO3. The van der Waals surface area contributed by atoms with E-state index in [-0.39, 0.29) is 24.3 Å². The molecule has 0 aromatic rings. The van der Waals surface area contributed by atoms with Gasteiger partial charge < -0.3 is 14.8 Å². The van der Waals surface area contributed by atoms with Gasteiger partial charge in [-0.2, -0.15) is 0 Å². The van der Waals surface area contributed by atoms with Crippen LogP contribution in [0.1, 0.15) is 12.8 Å². The van der Waals surface area contributed by atoms with Gasteiger partial charge in [0.2, 0.25) is 0 Å². The normalized spacial score (nSPS) is 34.9. The maximum atomic E-state index is 11.3. The molecule has 15 heavy (non-hydrogen) atoms. The number of hydrogen-bond donors (Lipinski definition) is 1. The van der Waals surface area contributed by atoms with Crippen LogP contribution in [0.25, 0.3) is 0 Å². The van der Waals surface area contributed by atoms with Crippen LogP contribution in [0.2, 0.25) is 0 Å². The van der Waals surface area contributed by atoms with E-state index in [1.807, 2.05) is 0 Å². The lowest BCUT2D eigenvalue weighted by molar-refractivity contribution is -0.147. The lowest BCUT2D eigenvalue weighted by atomic mass is 9.83. The summed E-state index contributed by atoms with van der Waals surface area (Å²) in [6, 6.07) is 0.546. The van der Waals surface area contributed by atoms with Gasteiger partial charge in [0.15, 0.2) is 0 Å². The van der Waals surface area contributed by atoms with E-state index in [0.717, 1.165) is 32.6 Å². The van der Waals surface area contributed by atoms with E-state index in [0.29, 0.717) is 12.0 Å². The smallest absolute Gasteiger partial charge is 0.309 e. The molecule has 0 aromatic carbocycles. The van der Waals surface area contributed by atoms with Gasteiger partial charge in [-0.15, -0.1) is 12.4 Å². The second-order valence-corrected chi connectivity index (χ2v) is 4.09. The molecule has 0 amide bonds. The summed E-state index contributed by atoms with van der Waals surface area (Å²) in [5.41, 5.74) is 0. The molecule has 2 rings (SSSR count). The number of fused-ring (bicyclic) bond motifs is 1. The Hall–Kier alpha value is -0.320. The third kappa shape index (κ3) is 2.83. The van der Waals surface area contributed by atoms with Crippen LogP contribution in [0.3, 0.4) is 0 Å². The van der Waals surface area contributed by atoms with Gasteiger partial charge in [-0.3, -0.25) is 4.79 Å². The van der Waals surface area contributed by atoms with Gasteiger partial charge in [0.25, 0.3) is 0 Å². The third-order valence-electron chi connectivity index (χ3n) is 3.22. The molecule has 0 aliphatic carbocycles. The minimum atomic E-state index is -0.0958. The molecule has 0 saturated carbocycles. The molecule has 2 saturated heterocycles. The first-order chi connectivity index (χ1) is 6.81. The number of piperidine rings is 1. The molecule has 0 aromatic heterocycles. The van der Waals surface area contributed by atoms with Crippen molar-refractivity contribution in [3.8, 4) is 0 Å². The molecule has 1 N–H and O–H groups in total. The largest absolute Gasteiger partial charge is 0.469 e. The van der Waals surface area contributed by atoms with E-state index < -0.39 is 0 Å². The number of esters is 1. The summed E-state index contributed by atoms with van der Waals surface area (Å²) < 4.78 is 10.2. The Bertz CT molecular complexity index is 225. The van der Waals surface area contributed by atoms with E-state index >= 15 is 0 Å². The molecule has 5 heteroatoms. The van der Waals surface area contributed by atoms with E-state index in [9.17, 15) is 4.79 Å². The minimum absolute atomic E-state index is 0. The van der Waals surface area contributed by atoms with Gasteiger partial charge in [0.1, 0.15) is 0 Å². The number of carbonyl (C=O) groups excluding carboxylic acids is 1. The Balaban J connectivity index is 0.00000112. The molecule has 0 spiro atoms. The topological polar surface area (TPSA) is 47.6 Å². The summed E-state index contributed by atoms with van der Waals surface area (Å²) in [5.74, 6) is 0.408. The SMILES string of the molecule is COC(=O)[C@@H]1CN[C@H]2CCOC[C@@H]2C1.Cl. The van der Waals surface area contributed by atoms with Crippen molar-refractivity contribution in [2.45, 2.75) is 18.9 Å². The number of methoxy groups -OCH3 is 1. The number of nitrogens with one attached hydrogen (secondary N) is 1. The Morgan fingerprint density at radius 2 is 2.33 bits per heavy atom. The van der Waals surface area contributed by atoms with Crippen molar-refractivity contribution in [3.05, 3.63) is 0 Å². The maximum absolute atomic E-state index is 11.3. The Morgan fingerprint density at radius 1 is 1.53 bits per heavy atom. The molecule has 0 radical (unpaired) electrons. The Morgan fingerprint density at radius 3 is 3.07 bits per heavy atom. The van der Waals surface area contributed by atoms with Gasteiger partial charge in [-0.05, 0) is 18.8 Å². The first-order valence-corrected chi connectivity index (χ1v) is 5.20. The maximum Gasteiger partial charge on any atom is 0.309 e. The summed E-state index contributed by atoms with van der Waals surface area (Å²) in [6.45, 7) is 2.38. The molecule has 3 atom stereocenters. The van der Waals surface area contributed by atoms with Crippen molar-refractivity contribution in [1.29, 1.82) is 0 Å². The average molecular weight is 236 g/mol. The van der Waals surface area contributed by atoms with Gasteiger partial charge in [0, 0.05) is 19.2 Å². The van der Waals surface area contributed by atoms with E-state index in [1.54, 1.807) is 0 Å². The first-order valence-electron chi connectivity index (χ1n) is 5.20. The van der Waals surface area contributed by atoms with Crippen molar-refractivity contribution in [2.24, 2.45) is 11.8 Å². The average Bonchev–Trinajstić information content (AvgIpc) is 2.27. The molecule has 4 nitrogen and oxygen atoms in total. The number of ether oxygens (including phenoxy) is 2. The van der Waals surface area contributed by atoms with Gasteiger partial charge >= 0.3 is 5.97 Å². The van der Waals surface area contributed by atoms with E-state index in [4.69, 9.17) is 9.47 Å². The van der Waals surface area contributed by atoms with Crippen molar-refractivity contribution in [1.82, 2.24) is 5.32 Å². The number of halogens is 1. The third-order valence-corrected chi connectivity index (χ3v) is 3.22. The van der Waals surface area contributed by atoms with Crippen molar-refractivity contribution >= 4 is 18.4 Å². The lowest BCUT2D eigenvalue weighted by Crippen LogP contribution is -2.51. The second kappa shape index (κ2) is 5.68. The van der Waals surface area contributed by atoms with E-state index in [1.165, 1.54) is 7.11 Å². The van der Waals surface area contributed by atoms with Crippen LogP contribution in [-0.2, 0) is 14.3 Å². The zero-order valence-electron chi connectivity index (χ0n) is 8.90. The molecule has 0 bridgehead atoms. The van der Waals surface area contributed by atoms with Gasteiger partial charge in [0.05, 0.1) is 19.6 Å². The molecule has 0 unspecified atom stereocenters. The fourth-order valence-electron chi connectivity index (χ4n) is 2.39. The van der Waals surface area contributed by atoms with Crippen LogP contribution in [0.15, 0.2) is 0 Å². The van der Waals surface area contributed by atoms with Crippen molar-refractivity contribution < 1.29 is 14.3 Å². The highest BCUT2D eigenvalue weighted by Crippen LogP contribution is 2.26. The lowest BCUT2D eigenvalue weighted by Gasteiger charge is -2.38. The zero-order valence-corrected chi connectivity index (χ0v) is 9.72. The summed E-state index contributed by atoms with van der Waals surface area (Å²) in [7, 11) is 1.45. The summed E-state index contributed by atoms with van der Waals surface area (Å²) in [6.07, 6.45) is 1.98. The molecular weight excluding hydrogens is 218 g/mol. The Kier molecular flexibility index (Phi) is 4.83. The van der Waals surface area contributed by atoms with Crippen LogP contribution in [0, 0.1) is 11.8 Å². The highest BCUT2D eigenvalue weighted by Gasteiger charge is 2.35. The standard InChI is InChI=1S/C10H17NO3.ClH/c1-13-10(12)7-4-8-6-14-3-2-9(8)11-5-7;/h7-9,11H,2-6H2,1H3;1H/t7-,8-,9-;/m0./s1. The fraction of sp³-hybridized carbons (Fsp3) is 0.900. The molecule has 88 valence electrons. The second-order valence-electron chi connectivity index (χ2n) is 4.09. The quantitative estimate of drug-likeness (QED) is 0.676. The van der Waals surface area contributed by atoms with Crippen LogP contribution in [0.5, 0.6) is 0 Å². The summed E-state index contributed by atoms with van der Waals surface area (Å²) in [5, 5.41) is 3.41. The number of rotatable bonds is 1. The molecule has 2 aliphatic rings. The zero-order chi connectivity index (χ0) is 9.97. The van der Waals surface area contributed by atoms with E-state index in [2.05, 4.69) is 5.32 Å². The molecule has 2 heterocycles. The highest BCUT2D eigenvalue weighted by molar-refractivity contribution is 5.85.